The molecule has 0 amide bonds. The van der Waals surface area contributed by atoms with Crippen LogP contribution in [0.15, 0.2) is 0 Å². The Morgan fingerprint density at radius 2 is 0.354 bits per heavy atom. The third-order valence-electron chi connectivity index (χ3n) is 13.7. The van der Waals surface area contributed by atoms with Crippen LogP contribution in [0.1, 0.15) is 134 Å². The Morgan fingerprint density at radius 1 is 0.208 bits per heavy atom. The van der Waals surface area contributed by atoms with Crippen molar-refractivity contribution < 1.29 is 0 Å². The molecule has 0 bridgehead atoms. The predicted octanol–water partition coefficient (Wildman–Crippen LogP) is 12.9. The van der Waals surface area contributed by atoms with Gasteiger partial charge in [0.15, 0.2) is 0 Å². The van der Waals surface area contributed by atoms with Crippen LogP contribution < -0.4 is 10.6 Å². The third kappa shape index (κ3) is 5.78. The number of benzene rings is 4. The minimum absolute atomic E-state index is 0.0403. The predicted molar refractivity (Wildman–Crippen MR) is 213 cm³/mol. The van der Waals surface area contributed by atoms with Crippen LogP contribution >= 0.6 is 0 Å². The fourth-order valence-electron chi connectivity index (χ4n) is 8.38. The van der Waals surface area contributed by atoms with Gasteiger partial charge in [-0.25, -0.2) is 0 Å². The van der Waals surface area contributed by atoms with Crippen molar-refractivity contribution in [1.82, 2.24) is 0 Å². The molecule has 2 N–H and O–H groups in total. The first kappa shape index (κ1) is 37.3. The van der Waals surface area contributed by atoms with Gasteiger partial charge >= 0.3 is 0 Å². The molecule has 0 heterocycles. The van der Waals surface area contributed by atoms with Gasteiger partial charge in [0, 0.05) is 11.4 Å². The lowest BCUT2D eigenvalue weighted by Gasteiger charge is -2.39. The fraction of sp³-hybridized carbons (Fsp3) is 0.478. The summed E-state index contributed by atoms with van der Waals surface area (Å²) in [4.78, 5) is 0. The van der Waals surface area contributed by atoms with E-state index in [0.717, 1.165) is 0 Å². The first-order chi connectivity index (χ1) is 22.2. The van der Waals surface area contributed by atoms with Crippen molar-refractivity contribution >= 4 is 11.4 Å². The van der Waals surface area contributed by atoms with Gasteiger partial charge in [-0.2, -0.15) is 0 Å². The van der Waals surface area contributed by atoms with E-state index in [1.807, 2.05) is 0 Å². The van der Waals surface area contributed by atoms with E-state index in [0.29, 0.717) is 0 Å². The molecule has 0 aliphatic heterocycles. The zero-order valence-electron chi connectivity index (χ0n) is 34.2. The van der Waals surface area contributed by atoms with Crippen LogP contribution in [0, 0.1) is 138 Å². The molecule has 0 radical (unpaired) electrons. The van der Waals surface area contributed by atoms with Crippen LogP contribution in [0.25, 0.3) is 0 Å². The zero-order chi connectivity index (χ0) is 36.4. The Morgan fingerprint density at radius 3 is 0.542 bits per heavy atom. The second-order valence-electron chi connectivity index (χ2n) is 15.3. The van der Waals surface area contributed by atoms with Crippen molar-refractivity contribution in [2.24, 2.45) is 0 Å². The van der Waals surface area contributed by atoms with Crippen LogP contribution in [-0.4, -0.2) is 0 Å². The van der Waals surface area contributed by atoms with E-state index in [1.165, 1.54) is 134 Å². The summed E-state index contributed by atoms with van der Waals surface area (Å²) in [5, 5.41) is 8.68. The van der Waals surface area contributed by atoms with E-state index < -0.39 is 0 Å². The van der Waals surface area contributed by atoms with Crippen molar-refractivity contribution in [1.29, 1.82) is 0 Å². The van der Waals surface area contributed by atoms with Crippen LogP contribution in [-0.2, 0) is 0 Å². The molecule has 48 heavy (non-hydrogen) atoms. The molecule has 0 saturated carbocycles. The molecule has 4 aromatic carbocycles. The third-order valence-corrected chi connectivity index (χ3v) is 13.7. The highest BCUT2D eigenvalue weighted by molar-refractivity contribution is 5.70. The molecule has 2 unspecified atom stereocenters. The van der Waals surface area contributed by atoms with Gasteiger partial charge in [-0.05, 0) is 261 Å². The quantitative estimate of drug-likeness (QED) is 0.209. The lowest BCUT2D eigenvalue weighted by molar-refractivity contribution is 0.630. The molecule has 4 aromatic rings. The molecular formula is C46H64N2. The molecule has 0 saturated heterocycles. The Balaban J connectivity index is 2.24. The Bertz CT molecular complexity index is 1710. The maximum Gasteiger partial charge on any atom is 0.0763 e. The number of hydrogen-bond donors (Lipinski definition) is 2. The Hall–Kier alpha value is -3.52. The lowest BCUT2D eigenvalue weighted by atomic mass is 9.78. The largest absolute Gasteiger partial charge is 0.375 e. The molecule has 0 aliphatic carbocycles. The molecule has 0 spiro atoms. The van der Waals surface area contributed by atoms with Crippen molar-refractivity contribution in [3.63, 3.8) is 0 Å². The summed E-state index contributed by atoms with van der Waals surface area (Å²) in [6.45, 7) is 46.2. The van der Waals surface area contributed by atoms with Gasteiger partial charge in [0.2, 0.25) is 0 Å². The SMILES string of the molecule is Cc1c(C)c(C)c(NC(c2c(C)c(C)c(C)c(C)c2C)C(Nc2c(C)c(C)c(C)c(C)c2C)c2c(C)c(C)c(C)c(C)c2C)c(C)c1C. The van der Waals surface area contributed by atoms with Crippen molar-refractivity contribution in [3.05, 3.63) is 122 Å². The summed E-state index contributed by atoms with van der Waals surface area (Å²) in [6.07, 6.45) is 0. The van der Waals surface area contributed by atoms with Crippen LogP contribution in [0.5, 0.6) is 0 Å². The van der Waals surface area contributed by atoms with Gasteiger partial charge in [0.05, 0.1) is 12.1 Å². The van der Waals surface area contributed by atoms with Gasteiger partial charge in [-0.15, -0.1) is 0 Å². The molecule has 258 valence electrons. The van der Waals surface area contributed by atoms with Gasteiger partial charge in [0.25, 0.3) is 0 Å². The molecule has 2 heteroatoms. The molecule has 2 atom stereocenters. The lowest BCUT2D eigenvalue weighted by Crippen LogP contribution is -2.31. The summed E-state index contributed by atoms with van der Waals surface area (Å²) in [7, 11) is 0. The van der Waals surface area contributed by atoms with Gasteiger partial charge < -0.3 is 10.6 Å². The highest BCUT2D eigenvalue weighted by Crippen LogP contribution is 2.46. The highest BCUT2D eigenvalue weighted by atomic mass is 15.0. The van der Waals surface area contributed by atoms with E-state index in [1.54, 1.807) is 0 Å². The Labute approximate surface area is 294 Å². The smallest absolute Gasteiger partial charge is 0.0763 e. The first-order valence-corrected chi connectivity index (χ1v) is 18.0. The van der Waals surface area contributed by atoms with Gasteiger partial charge in [-0.1, -0.05) is 0 Å². The monoisotopic (exact) mass is 645 g/mol. The Kier molecular flexibility index (Phi) is 10.4. The second-order valence-corrected chi connectivity index (χ2v) is 15.3. The first-order valence-electron chi connectivity index (χ1n) is 18.0. The van der Waals surface area contributed by atoms with E-state index in [-0.39, 0.29) is 12.1 Å². The molecule has 4 rings (SSSR count). The van der Waals surface area contributed by atoms with Gasteiger partial charge in [-0.3, -0.25) is 0 Å². The molecule has 0 aromatic heterocycles. The summed E-state index contributed by atoms with van der Waals surface area (Å²) < 4.78 is 0. The maximum atomic E-state index is 4.34. The van der Waals surface area contributed by atoms with Crippen molar-refractivity contribution in [2.45, 2.75) is 151 Å². The molecular weight excluding hydrogens is 581 g/mol. The van der Waals surface area contributed by atoms with E-state index in [9.17, 15) is 0 Å². The van der Waals surface area contributed by atoms with Crippen LogP contribution in [0.4, 0.5) is 11.4 Å². The summed E-state index contributed by atoms with van der Waals surface area (Å²) in [6, 6.07) is -0.0805. The normalized spacial score (nSPS) is 12.8. The number of hydrogen-bond acceptors (Lipinski definition) is 2. The number of anilines is 2. The molecule has 2 nitrogen and oxygen atoms in total. The minimum atomic E-state index is -0.0403. The van der Waals surface area contributed by atoms with Crippen LogP contribution in [0.3, 0.4) is 0 Å². The minimum Gasteiger partial charge on any atom is -0.375 e. The summed E-state index contributed by atoms with van der Waals surface area (Å²) in [5.41, 5.74) is 32.9. The highest BCUT2D eigenvalue weighted by Gasteiger charge is 2.34. The number of nitrogens with one attached hydrogen (secondary N) is 2. The maximum absolute atomic E-state index is 4.34. The van der Waals surface area contributed by atoms with Crippen LogP contribution in [0.2, 0.25) is 0 Å². The zero-order valence-corrected chi connectivity index (χ0v) is 34.2. The van der Waals surface area contributed by atoms with Crippen molar-refractivity contribution in [2.75, 3.05) is 10.6 Å². The summed E-state index contributed by atoms with van der Waals surface area (Å²) in [5.74, 6) is 0. The topological polar surface area (TPSA) is 24.1 Å². The van der Waals surface area contributed by atoms with Gasteiger partial charge in [0.1, 0.15) is 0 Å². The van der Waals surface area contributed by atoms with E-state index in [2.05, 4.69) is 149 Å². The summed E-state index contributed by atoms with van der Waals surface area (Å²) >= 11 is 0. The fourth-order valence-corrected chi connectivity index (χ4v) is 8.38. The average Bonchev–Trinajstić information content (AvgIpc) is 3.06. The van der Waals surface area contributed by atoms with E-state index >= 15 is 0 Å². The number of rotatable bonds is 7. The standard InChI is InChI=1S/C46H64N2/c1-21-25(5)33(13)41(34(14)26(21)6)45(47-43-37(17)29(9)23(3)30(10)38(43)18)46(42-35(15)27(7)22(2)28(8)36(42)16)48-44-39(19)31(11)24(4)32(12)40(44)20/h45-48H,1-20H3. The average molecular weight is 645 g/mol. The van der Waals surface area contributed by atoms with E-state index in [4.69, 9.17) is 0 Å². The second kappa shape index (κ2) is 13.4. The van der Waals surface area contributed by atoms with Crippen molar-refractivity contribution in [3.8, 4) is 0 Å². The molecule has 0 fully saturated rings. The molecule has 0 aliphatic rings.